The molecule has 0 heterocycles. The summed E-state index contributed by atoms with van der Waals surface area (Å²) in [5.74, 6) is -6.11. The van der Waals surface area contributed by atoms with Crippen LogP contribution in [0.1, 0.15) is 37.9 Å². The van der Waals surface area contributed by atoms with Gasteiger partial charge in [0.25, 0.3) is 0 Å². The third kappa shape index (κ3) is 3.05. The van der Waals surface area contributed by atoms with Crippen molar-refractivity contribution in [3.8, 4) is 0 Å². The van der Waals surface area contributed by atoms with Crippen LogP contribution < -0.4 is 0 Å². The standard InChI is InChI=1S/C15H17F3O3/c1-2-7-3-8(9(4-7)15(20)21)14(19)10-5-12(17)13(18)6-11(10)16/h5-9,14,19H,2-4H2,1H3,(H,20,21). The molecule has 21 heavy (non-hydrogen) atoms. The normalized spacial score (nSPS) is 26.8. The molecule has 1 aromatic rings. The molecular formula is C15H17F3O3. The van der Waals surface area contributed by atoms with E-state index in [1.54, 1.807) is 0 Å². The van der Waals surface area contributed by atoms with Crippen molar-refractivity contribution in [3.05, 3.63) is 35.1 Å². The number of aliphatic hydroxyl groups is 1. The van der Waals surface area contributed by atoms with E-state index in [2.05, 4.69) is 0 Å². The first-order valence-electron chi connectivity index (χ1n) is 6.90. The molecule has 0 saturated heterocycles. The maximum Gasteiger partial charge on any atom is 0.306 e. The third-order valence-corrected chi connectivity index (χ3v) is 4.37. The van der Waals surface area contributed by atoms with E-state index in [-0.39, 0.29) is 11.5 Å². The van der Waals surface area contributed by atoms with E-state index >= 15 is 0 Å². The Bertz CT molecular complexity index is 547. The van der Waals surface area contributed by atoms with Gasteiger partial charge in [-0.25, -0.2) is 13.2 Å². The zero-order valence-electron chi connectivity index (χ0n) is 11.5. The van der Waals surface area contributed by atoms with Crippen molar-refractivity contribution in [2.24, 2.45) is 17.8 Å². The molecule has 1 aliphatic carbocycles. The van der Waals surface area contributed by atoms with E-state index in [1.165, 1.54) is 0 Å². The summed E-state index contributed by atoms with van der Waals surface area (Å²) in [6.45, 7) is 1.91. The van der Waals surface area contributed by atoms with Crippen LogP contribution in [-0.4, -0.2) is 16.2 Å². The van der Waals surface area contributed by atoms with Crippen LogP contribution in [0.2, 0.25) is 0 Å². The van der Waals surface area contributed by atoms with Gasteiger partial charge in [-0.2, -0.15) is 0 Å². The highest BCUT2D eigenvalue weighted by Crippen LogP contribution is 2.45. The van der Waals surface area contributed by atoms with Gasteiger partial charge in [0.05, 0.1) is 12.0 Å². The van der Waals surface area contributed by atoms with Crippen LogP contribution in [0.25, 0.3) is 0 Å². The fourth-order valence-electron chi connectivity index (χ4n) is 3.14. The third-order valence-electron chi connectivity index (χ3n) is 4.37. The highest BCUT2D eigenvalue weighted by Gasteiger charge is 2.43. The molecule has 4 unspecified atom stereocenters. The lowest BCUT2D eigenvalue weighted by molar-refractivity contribution is -0.144. The predicted molar refractivity (Wildman–Crippen MR) is 68.9 cm³/mol. The number of carbonyl (C=O) groups is 1. The number of aliphatic carboxylic acids is 1. The molecule has 0 bridgehead atoms. The Kier molecular flexibility index (Phi) is 4.56. The number of rotatable bonds is 4. The lowest BCUT2D eigenvalue weighted by Crippen LogP contribution is -2.24. The maximum absolute atomic E-state index is 13.7. The van der Waals surface area contributed by atoms with Gasteiger partial charge in [0.1, 0.15) is 5.82 Å². The Hall–Kier alpha value is -1.56. The second-order valence-electron chi connectivity index (χ2n) is 5.59. The molecule has 1 aliphatic rings. The number of carboxylic acids is 1. The Morgan fingerprint density at radius 1 is 1.24 bits per heavy atom. The SMILES string of the molecule is CCC1CC(C(=O)O)C(C(O)c2cc(F)c(F)cc2F)C1. The zero-order valence-corrected chi connectivity index (χ0v) is 11.5. The van der Waals surface area contributed by atoms with Crippen LogP contribution in [0.15, 0.2) is 12.1 Å². The summed E-state index contributed by atoms with van der Waals surface area (Å²) in [5.41, 5.74) is -0.387. The Morgan fingerprint density at radius 3 is 2.43 bits per heavy atom. The summed E-state index contributed by atoms with van der Waals surface area (Å²) in [7, 11) is 0. The van der Waals surface area contributed by atoms with Crippen LogP contribution in [0.3, 0.4) is 0 Å². The van der Waals surface area contributed by atoms with Crippen molar-refractivity contribution < 1.29 is 28.2 Å². The second-order valence-corrected chi connectivity index (χ2v) is 5.59. The molecule has 0 aromatic heterocycles. The molecule has 4 atom stereocenters. The summed E-state index contributed by atoms with van der Waals surface area (Å²) >= 11 is 0. The van der Waals surface area contributed by atoms with Gasteiger partial charge in [0.15, 0.2) is 11.6 Å². The summed E-state index contributed by atoms with van der Waals surface area (Å²) in [5, 5.41) is 19.5. The first-order chi connectivity index (χ1) is 9.85. The minimum absolute atomic E-state index is 0.124. The molecular weight excluding hydrogens is 285 g/mol. The first-order valence-corrected chi connectivity index (χ1v) is 6.90. The Balaban J connectivity index is 2.32. The summed E-state index contributed by atoms with van der Waals surface area (Å²) in [4.78, 5) is 11.3. The van der Waals surface area contributed by atoms with Crippen LogP contribution >= 0.6 is 0 Å². The van der Waals surface area contributed by atoms with E-state index in [9.17, 15) is 28.2 Å². The van der Waals surface area contributed by atoms with Crippen molar-refractivity contribution in [1.29, 1.82) is 0 Å². The van der Waals surface area contributed by atoms with Crippen molar-refractivity contribution in [2.75, 3.05) is 0 Å². The molecule has 0 amide bonds. The number of benzene rings is 1. The molecule has 2 rings (SSSR count). The lowest BCUT2D eigenvalue weighted by atomic mass is 9.86. The largest absolute Gasteiger partial charge is 0.481 e. The van der Waals surface area contributed by atoms with Crippen LogP contribution in [0, 0.1) is 35.2 Å². The molecule has 3 nitrogen and oxygen atoms in total. The van der Waals surface area contributed by atoms with Crippen LogP contribution in [0.5, 0.6) is 0 Å². The van der Waals surface area contributed by atoms with E-state index < -0.39 is 41.4 Å². The highest BCUT2D eigenvalue weighted by molar-refractivity contribution is 5.71. The lowest BCUT2D eigenvalue weighted by Gasteiger charge is -2.23. The number of aliphatic hydroxyl groups excluding tert-OH is 1. The smallest absolute Gasteiger partial charge is 0.306 e. The topological polar surface area (TPSA) is 57.5 Å². The molecule has 2 N–H and O–H groups in total. The average molecular weight is 302 g/mol. The van der Waals surface area contributed by atoms with Gasteiger partial charge in [0.2, 0.25) is 0 Å². The van der Waals surface area contributed by atoms with Crippen molar-refractivity contribution >= 4 is 5.97 Å². The van der Waals surface area contributed by atoms with Crippen molar-refractivity contribution in [1.82, 2.24) is 0 Å². The molecule has 1 fully saturated rings. The van der Waals surface area contributed by atoms with Gasteiger partial charge in [-0.15, -0.1) is 0 Å². The van der Waals surface area contributed by atoms with Gasteiger partial charge in [0, 0.05) is 17.5 Å². The average Bonchev–Trinajstić information content (AvgIpc) is 2.86. The summed E-state index contributed by atoms with van der Waals surface area (Å²) in [6.07, 6.45) is 0.122. The van der Waals surface area contributed by atoms with Gasteiger partial charge in [-0.3, -0.25) is 4.79 Å². The first kappa shape index (κ1) is 15.8. The number of carboxylic acid groups (broad SMARTS) is 1. The molecule has 6 heteroatoms. The minimum atomic E-state index is -1.46. The van der Waals surface area contributed by atoms with E-state index in [0.717, 1.165) is 6.42 Å². The summed E-state index contributed by atoms with van der Waals surface area (Å²) in [6, 6.07) is 0.976. The van der Waals surface area contributed by atoms with Gasteiger partial charge >= 0.3 is 5.97 Å². The fourth-order valence-corrected chi connectivity index (χ4v) is 3.14. The molecule has 1 saturated carbocycles. The monoisotopic (exact) mass is 302 g/mol. The quantitative estimate of drug-likeness (QED) is 0.839. The Morgan fingerprint density at radius 2 is 1.86 bits per heavy atom. The highest BCUT2D eigenvalue weighted by atomic mass is 19.2. The van der Waals surface area contributed by atoms with Gasteiger partial charge in [-0.05, 0) is 24.8 Å². The summed E-state index contributed by atoms with van der Waals surface area (Å²) < 4.78 is 39.9. The fraction of sp³-hybridized carbons (Fsp3) is 0.533. The Labute approximate surface area is 120 Å². The zero-order chi connectivity index (χ0) is 15.7. The number of halogens is 3. The van der Waals surface area contributed by atoms with E-state index in [0.29, 0.717) is 25.0 Å². The number of hydrogen-bond donors (Lipinski definition) is 2. The molecule has 0 aliphatic heterocycles. The van der Waals surface area contributed by atoms with E-state index in [1.807, 2.05) is 6.92 Å². The molecule has 0 radical (unpaired) electrons. The predicted octanol–water partition coefficient (Wildman–Crippen LogP) is 3.27. The van der Waals surface area contributed by atoms with Crippen LogP contribution in [-0.2, 0) is 4.79 Å². The van der Waals surface area contributed by atoms with Gasteiger partial charge < -0.3 is 10.2 Å². The molecule has 1 aromatic carbocycles. The van der Waals surface area contributed by atoms with Crippen molar-refractivity contribution in [2.45, 2.75) is 32.3 Å². The van der Waals surface area contributed by atoms with Crippen molar-refractivity contribution in [3.63, 3.8) is 0 Å². The molecule has 116 valence electrons. The molecule has 0 spiro atoms. The maximum atomic E-state index is 13.7. The van der Waals surface area contributed by atoms with Gasteiger partial charge in [-0.1, -0.05) is 13.3 Å². The van der Waals surface area contributed by atoms with Crippen LogP contribution in [0.4, 0.5) is 13.2 Å². The second kappa shape index (κ2) is 6.05. The minimum Gasteiger partial charge on any atom is -0.481 e. The number of hydrogen-bond acceptors (Lipinski definition) is 2. The van der Waals surface area contributed by atoms with E-state index in [4.69, 9.17) is 0 Å².